The molecule has 0 aromatic rings. The highest BCUT2D eigenvalue weighted by molar-refractivity contribution is 7.87. The number of amides is 5. The Morgan fingerprint density at radius 2 is 1.49 bits per heavy atom. The molecule has 0 aromatic heterocycles. The number of ether oxygens (including phenoxy) is 1. The number of nitrogens with zero attached hydrogens (tertiary/aromatic N) is 3. The van der Waals surface area contributed by atoms with Gasteiger partial charge < -0.3 is 25.6 Å². The fourth-order valence-electron chi connectivity index (χ4n) is 13.1. The van der Waals surface area contributed by atoms with E-state index in [9.17, 15) is 32.0 Å². The Hall–Kier alpha value is -3.15. The van der Waals surface area contributed by atoms with Crippen molar-refractivity contribution in [3.63, 3.8) is 0 Å². The summed E-state index contributed by atoms with van der Waals surface area (Å²) < 4.78 is 49.1. The summed E-state index contributed by atoms with van der Waals surface area (Å²) in [5.41, 5.74) is -2.11. The van der Waals surface area contributed by atoms with Gasteiger partial charge in [0.15, 0.2) is 0 Å². The van der Waals surface area contributed by atoms with Gasteiger partial charge in [-0.3, -0.25) is 28.9 Å². The molecule has 15 nitrogen and oxygen atoms in total. The van der Waals surface area contributed by atoms with Gasteiger partial charge >= 0.3 is 10.2 Å². The molecule has 0 aromatic carbocycles. The van der Waals surface area contributed by atoms with Crippen molar-refractivity contribution in [3.8, 4) is 0 Å². The maximum Gasteiger partial charge on any atom is 0.303 e. The van der Waals surface area contributed by atoms with E-state index in [1.165, 1.54) is 4.31 Å². The average Bonchev–Trinajstić information content (AvgIpc) is 3.62. The number of nitrogens with one attached hydrogen (secondary N) is 4. The van der Waals surface area contributed by atoms with Gasteiger partial charge in [0.05, 0.1) is 6.04 Å². The second-order valence-electron chi connectivity index (χ2n) is 20.1. The lowest BCUT2D eigenvalue weighted by Gasteiger charge is -2.37. The molecule has 1 unspecified atom stereocenters. The predicted molar refractivity (Wildman–Crippen MR) is 224 cm³/mol. The van der Waals surface area contributed by atoms with Crippen LogP contribution in [0.25, 0.3) is 0 Å². The van der Waals surface area contributed by atoms with Gasteiger partial charge in [0.2, 0.25) is 23.6 Å². The van der Waals surface area contributed by atoms with Crippen LogP contribution in [0.15, 0.2) is 12.7 Å². The molecule has 7 atom stereocenters. The number of fused-ring (bicyclic) bond motifs is 1. The summed E-state index contributed by atoms with van der Waals surface area (Å²) in [4.78, 5) is 76.3. The van der Waals surface area contributed by atoms with Crippen LogP contribution in [-0.2, 0) is 38.9 Å². The zero-order chi connectivity index (χ0) is 43.4. The molecule has 2 spiro atoms. The van der Waals surface area contributed by atoms with E-state index in [2.05, 4.69) is 41.1 Å². The van der Waals surface area contributed by atoms with Gasteiger partial charge in [-0.05, 0) is 106 Å². The van der Waals surface area contributed by atoms with E-state index in [0.717, 1.165) is 57.8 Å². The first-order valence-electron chi connectivity index (χ1n) is 23.2. The first-order chi connectivity index (χ1) is 29.1. The van der Waals surface area contributed by atoms with E-state index < -0.39 is 70.2 Å². The van der Waals surface area contributed by atoms with Gasteiger partial charge in [-0.25, -0.2) is 9.11 Å². The van der Waals surface area contributed by atoms with Crippen molar-refractivity contribution >= 4 is 39.7 Å². The Labute approximate surface area is 360 Å². The van der Waals surface area contributed by atoms with Gasteiger partial charge in [0, 0.05) is 50.7 Å². The molecule has 5 amide bonds. The van der Waals surface area contributed by atoms with Crippen LogP contribution in [0.4, 0.5) is 4.39 Å². The number of halogens is 1. The summed E-state index contributed by atoms with van der Waals surface area (Å²) in [5, 5.41) is 9.21. The third-order valence-corrected chi connectivity index (χ3v) is 18.6. The minimum atomic E-state index is -4.13. The van der Waals surface area contributed by atoms with Crippen molar-refractivity contribution in [3.05, 3.63) is 12.7 Å². The van der Waals surface area contributed by atoms with Crippen LogP contribution in [0.1, 0.15) is 117 Å². The summed E-state index contributed by atoms with van der Waals surface area (Å²) in [6, 6.07) is -3.40. The molecule has 4 saturated heterocycles. The molecule has 8 fully saturated rings. The quantitative estimate of drug-likeness (QED) is 0.180. The van der Waals surface area contributed by atoms with Crippen LogP contribution in [0, 0.1) is 34.0 Å². The van der Waals surface area contributed by atoms with Crippen molar-refractivity contribution in [2.24, 2.45) is 34.0 Å². The molecular weight excluding hydrogens is 806 g/mol. The molecule has 8 rings (SSSR count). The van der Waals surface area contributed by atoms with E-state index in [1.807, 2.05) is 4.90 Å². The predicted octanol–water partition coefficient (Wildman–Crippen LogP) is 2.71. The first-order valence-corrected chi connectivity index (χ1v) is 24.7. The standard InChI is InChI=1S/C44H68FN7O8S/c1-4-31-26-44(31,40(57)49-61(58,59)51-21-8-9-22-51)48-37(54)33-27-43(41(2,3)42(43)17-11-18-42)28-52(33)39(56)35(30-15-24-60-25-16-30)47-38(55)34(29-12-6-5-7-13-29)46-36(53)32-14-10-20-50(32)23-19-45/h4,29-35H,1,5-28H2,2-3H3,(H,46,53)(H,47,55)(H,48,54)(H,49,57)/t31-,32+,33+,34?,35+,43-,44-/m1/s1. The summed E-state index contributed by atoms with van der Waals surface area (Å²) in [6.07, 6.45) is 13.3. The first kappa shape index (κ1) is 44.5. The van der Waals surface area contributed by atoms with Crippen LogP contribution < -0.4 is 20.7 Å². The Balaban J connectivity index is 1.07. The molecule has 4 heterocycles. The molecule has 8 aliphatic rings. The number of carbonyl (C=O) groups excluding carboxylic acids is 5. The Morgan fingerprint density at radius 3 is 2.10 bits per heavy atom. The van der Waals surface area contributed by atoms with E-state index in [4.69, 9.17) is 4.74 Å². The lowest BCUT2D eigenvalue weighted by atomic mass is 9.73. The second kappa shape index (κ2) is 17.1. The second-order valence-corrected chi connectivity index (χ2v) is 21.8. The largest absolute Gasteiger partial charge is 0.381 e. The van der Waals surface area contributed by atoms with Crippen molar-refractivity contribution in [1.82, 2.24) is 34.8 Å². The van der Waals surface area contributed by atoms with Gasteiger partial charge in [0.25, 0.3) is 5.91 Å². The smallest absolute Gasteiger partial charge is 0.303 e. The molecule has 4 saturated carbocycles. The third-order valence-electron chi connectivity index (χ3n) is 17.1. The highest BCUT2D eigenvalue weighted by Gasteiger charge is 2.85. The molecule has 4 aliphatic carbocycles. The number of hydrogen-bond donors (Lipinski definition) is 4. The molecule has 4 aliphatic heterocycles. The average molecular weight is 874 g/mol. The van der Waals surface area contributed by atoms with Crippen LogP contribution in [0.5, 0.6) is 0 Å². The lowest BCUT2D eigenvalue weighted by Crippen LogP contribution is -2.62. The minimum absolute atomic E-state index is 0.0419. The number of likely N-dealkylation sites (tertiary alicyclic amines) is 2. The van der Waals surface area contributed by atoms with Crippen molar-refractivity contribution in [2.75, 3.05) is 52.6 Å². The van der Waals surface area contributed by atoms with E-state index in [-0.39, 0.29) is 52.9 Å². The fraction of sp³-hybridized carbons (Fsp3) is 0.841. The maximum absolute atomic E-state index is 15.4. The Kier molecular flexibility index (Phi) is 12.5. The van der Waals surface area contributed by atoms with E-state index in [0.29, 0.717) is 77.9 Å². The highest BCUT2D eigenvalue weighted by atomic mass is 32.2. The van der Waals surface area contributed by atoms with Gasteiger partial charge in [-0.15, -0.1) is 6.58 Å². The van der Waals surface area contributed by atoms with E-state index in [1.54, 1.807) is 11.0 Å². The van der Waals surface area contributed by atoms with Crippen molar-refractivity contribution < 1.29 is 41.5 Å². The number of rotatable bonds is 15. The molecule has 0 bridgehead atoms. The summed E-state index contributed by atoms with van der Waals surface area (Å²) in [7, 11) is -4.13. The number of alkyl halides is 1. The van der Waals surface area contributed by atoms with Crippen LogP contribution >= 0.6 is 0 Å². The van der Waals surface area contributed by atoms with Gasteiger partial charge in [-0.1, -0.05) is 45.6 Å². The maximum atomic E-state index is 15.4. The number of carbonyl (C=O) groups is 5. The highest BCUT2D eigenvalue weighted by Crippen LogP contribution is 2.88. The van der Waals surface area contributed by atoms with Gasteiger partial charge in [0.1, 0.15) is 30.3 Å². The molecule has 17 heteroatoms. The molecular formula is C44H68FN7O8S. The normalized spacial score (nSPS) is 33.4. The number of hydrogen-bond acceptors (Lipinski definition) is 9. The lowest BCUT2D eigenvalue weighted by molar-refractivity contribution is -0.145. The Morgan fingerprint density at radius 1 is 0.803 bits per heavy atom. The third kappa shape index (κ3) is 7.72. The van der Waals surface area contributed by atoms with Crippen LogP contribution in [0.2, 0.25) is 0 Å². The minimum Gasteiger partial charge on any atom is -0.381 e. The summed E-state index contributed by atoms with van der Waals surface area (Å²) >= 11 is 0. The summed E-state index contributed by atoms with van der Waals surface area (Å²) in [6.45, 7) is 10.3. The molecule has 0 radical (unpaired) electrons. The van der Waals surface area contributed by atoms with Crippen LogP contribution in [0.3, 0.4) is 0 Å². The zero-order valence-corrected chi connectivity index (χ0v) is 37.0. The molecule has 61 heavy (non-hydrogen) atoms. The zero-order valence-electron chi connectivity index (χ0n) is 36.2. The Bertz CT molecular complexity index is 1840. The van der Waals surface area contributed by atoms with Gasteiger partial charge in [-0.2, -0.15) is 12.7 Å². The van der Waals surface area contributed by atoms with E-state index >= 15 is 4.79 Å². The van der Waals surface area contributed by atoms with Crippen molar-refractivity contribution in [2.45, 2.75) is 146 Å². The topological polar surface area (TPSA) is 187 Å². The van der Waals surface area contributed by atoms with Crippen molar-refractivity contribution in [1.29, 1.82) is 0 Å². The molecule has 4 N–H and O–H groups in total. The van der Waals surface area contributed by atoms with Crippen LogP contribution in [-0.4, -0.2) is 134 Å². The fourth-order valence-corrected chi connectivity index (χ4v) is 14.4. The summed E-state index contributed by atoms with van der Waals surface area (Å²) in [5.74, 6) is -3.39. The monoisotopic (exact) mass is 873 g/mol. The molecule has 340 valence electrons. The SMILES string of the molecule is C=C[C@@H]1C[C@]1(NC(=O)[C@@H]1C[C@@]2(CN1C(=O)[C@@H](NC(=O)C(NC(=O)[C@@H]1CCCN1CCF)C1CCCCC1)C1CCOCC1)C(C)(C)C21CCC1)C(=O)NS(=O)(=O)N1CCCC1.